The van der Waals surface area contributed by atoms with Gasteiger partial charge in [-0.2, -0.15) is 0 Å². The lowest BCUT2D eigenvalue weighted by molar-refractivity contribution is 0.251. The Kier molecular flexibility index (Phi) is 5.81. The molecule has 0 bridgehead atoms. The SMILES string of the molecule is O=c1sc2ccccc2n1CCCCN1CCN(c2cccc(Cl)c2)CC1. The predicted octanol–water partition coefficient (Wildman–Crippen LogP) is 4.32. The largest absolute Gasteiger partial charge is 0.369 e. The molecule has 1 aliphatic rings. The van der Waals surface area contributed by atoms with Gasteiger partial charge >= 0.3 is 4.87 Å². The highest BCUT2D eigenvalue weighted by atomic mass is 35.5. The molecule has 2 heterocycles. The molecule has 0 spiro atoms. The van der Waals surface area contributed by atoms with Crippen molar-refractivity contribution in [1.82, 2.24) is 9.47 Å². The van der Waals surface area contributed by atoms with E-state index in [1.165, 1.54) is 17.0 Å². The number of hydrogen-bond donors (Lipinski definition) is 0. The fourth-order valence-electron chi connectivity index (χ4n) is 3.73. The summed E-state index contributed by atoms with van der Waals surface area (Å²) in [6, 6.07) is 16.2. The molecule has 1 aliphatic heterocycles. The van der Waals surface area contributed by atoms with E-state index in [0.717, 1.165) is 67.3 Å². The molecule has 0 saturated carbocycles. The minimum atomic E-state index is 0.159. The molecule has 0 radical (unpaired) electrons. The number of hydrogen-bond acceptors (Lipinski definition) is 4. The zero-order valence-corrected chi connectivity index (χ0v) is 16.9. The van der Waals surface area contributed by atoms with E-state index in [4.69, 9.17) is 11.6 Å². The van der Waals surface area contributed by atoms with Gasteiger partial charge in [0.2, 0.25) is 0 Å². The number of nitrogens with zero attached hydrogens (tertiary/aromatic N) is 3. The number of thiazole rings is 1. The molecule has 0 N–H and O–H groups in total. The monoisotopic (exact) mass is 401 g/mol. The van der Waals surface area contributed by atoms with Crippen LogP contribution in [0.2, 0.25) is 5.02 Å². The van der Waals surface area contributed by atoms with Gasteiger partial charge in [-0.1, -0.05) is 41.1 Å². The Morgan fingerprint density at radius 1 is 0.926 bits per heavy atom. The number of anilines is 1. The van der Waals surface area contributed by atoms with E-state index in [0.29, 0.717) is 0 Å². The van der Waals surface area contributed by atoms with Crippen LogP contribution in [0.25, 0.3) is 10.2 Å². The minimum absolute atomic E-state index is 0.159. The van der Waals surface area contributed by atoms with Crippen molar-refractivity contribution in [2.24, 2.45) is 0 Å². The number of aromatic nitrogens is 1. The standard InChI is InChI=1S/C21H24ClN3OS/c22-17-6-5-7-18(16-17)24-14-12-23(13-15-24)10-3-4-11-25-19-8-1-2-9-20(19)27-21(25)26/h1-2,5-9,16H,3-4,10-15H2. The molecular weight excluding hydrogens is 378 g/mol. The van der Waals surface area contributed by atoms with Crippen LogP contribution in [-0.4, -0.2) is 42.2 Å². The van der Waals surface area contributed by atoms with Gasteiger partial charge in [-0.15, -0.1) is 0 Å². The van der Waals surface area contributed by atoms with Gasteiger partial charge < -0.3 is 4.90 Å². The minimum Gasteiger partial charge on any atom is -0.369 e. The van der Waals surface area contributed by atoms with Gasteiger partial charge in [0.1, 0.15) is 0 Å². The van der Waals surface area contributed by atoms with Crippen molar-refractivity contribution in [2.75, 3.05) is 37.6 Å². The summed E-state index contributed by atoms with van der Waals surface area (Å²) in [7, 11) is 0. The van der Waals surface area contributed by atoms with Gasteiger partial charge in [0.05, 0.1) is 10.2 Å². The van der Waals surface area contributed by atoms with Crippen LogP contribution in [0.3, 0.4) is 0 Å². The summed E-state index contributed by atoms with van der Waals surface area (Å²) in [5.74, 6) is 0. The smallest absolute Gasteiger partial charge is 0.308 e. The molecule has 142 valence electrons. The predicted molar refractivity (Wildman–Crippen MR) is 115 cm³/mol. The van der Waals surface area contributed by atoms with Gasteiger partial charge in [-0.3, -0.25) is 14.3 Å². The van der Waals surface area contributed by atoms with Crippen molar-refractivity contribution in [1.29, 1.82) is 0 Å². The molecule has 0 atom stereocenters. The topological polar surface area (TPSA) is 28.5 Å². The van der Waals surface area contributed by atoms with Crippen LogP contribution < -0.4 is 9.77 Å². The maximum atomic E-state index is 12.2. The second kappa shape index (κ2) is 8.46. The number of unbranched alkanes of at least 4 members (excludes halogenated alkanes) is 1. The highest BCUT2D eigenvalue weighted by Gasteiger charge is 2.17. The van der Waals surface area contributed by atoms with Crippen LogP contribution >= 0.6 is 22.9 Å². The summed E-state index contributed by atoms with van der Waals surface area (Å²) in [6.45, 7) is 6.14. The number of rotatable bonds is 6. The Morgan fingerprint density at radius 3 is 2.52 bits per heavy atom. The lowest BCUT2D eigenvalue weighted by atomic mass is 10.2. The molecule has 3 aromatic rings. The van der Waals surface area contributed by atoms with Crippen molar-refractivity contribution >= 4 is 38.8 Å². The Hall–Kier alpha value is -1.82. The zero-order chi connectivity index (χ0) is 18.6. The van der Waals surface area contributed by atoms with E-state index in [9.17, 15) is 4.79 Å². The van der Waals surface area contributed by atoms with Crippen LogP contribution in [0.1, 0.15) is 12.8 Å². The number of halogens is 1. The van der Waals surface area contributed by atoms with E-state index in [1.807, 2.05) is 47.0 Å². The van der Waals surface area contributed by atoms with Gasteiger partial charge in [0.15, 0.2) is 0 Å². The first-order valence-electron chi connectivity index (χ1n) is 9.52. The van der Waals surface area contributed by atoms with E-state index < -0.39 is 0 Å². The maximum absolute atomic E-state index is 12.2. The Labute approximate surface area is 168 Å². The average molecular weight is 402 g/mol. The molecule has 6 heteroatoms. The number of fused-ring (bicyclic) bond motifs is 1. The lowest BCUT2D eigenvalue weighted by Crippen LogP contribution is -2.46. The van der Waals surface area contributed by atoms with E-state index in [1.54, 1.807) is 0 Å². The van der Waals surface area contributed by atoms with Crippen molar-refractivity contribution in [2.45, 2.75) is 19.4 Å². The fourth-order valence-corrected chi connectivity index (χ4v) is 4.84. The van der Waals surface area contributed by atoms with Gasteiger partial charge in [0.25, 0.3) is 0 Å². The molecule has 1 saturated heterocycles. The summed E-state index contributed by atoms with van der Waals surface area (Å²) >= 11 is 7.45. The Balaban J connectivity index is 1.24. The Bertz CT molecular complexity index is 959. The highest BCUT2D eigenvalue weighted by molar-refractivity contribution is 7.16. The molecular formula is C21H24ClN3OS. The van der Waals surface area contributed by atoms with Crippen molar-refractivity contribution < 1.29 is 0 Å². The third-order valence-corrected chi connectivity index (χ3v) is 6.42. The first-order valence-corrected chi connectivity index (χ1v) is 10.7. The normalized spacial score (nSPS) is 15.5. The molecule has 0 aliphatic carbocycles. The van der Waals surface area contributed by atoms with Gasteiger partial charge in [-0.25, -0.2) is 0 Å². The fraction of sp³-hybridized carbons (Fsp3) is 0.381. The van der Waals surface area contributed by atoms with Crippen LogP contribution in [0, 0.1) is 0 Å². The lowest BCUT2D eigenvalue weighted by Gasteiger charge is -2.36. The molecule has 4 rings (SSSR count). The van der Waals surface area contributed by atoms with Gasteiger partial charge in [0, 0.05) is 43.4 Å². The summed E-state index contributed by atoms with van der Waals surface area (Å²) in [4.78, 5) is 17.3. The molecule has 27 heavy (non-hydrogen) atoms. The van der Waals surface area contributed by atoms with Crippen molar-refractivity contribution in [3.05, 3.63) is 63.2 Å². The van der Waals surface area contributed by atoms with Crippen molar-refractivity contribution in [3.63, 3.8) is 0 Å². The molecule has 4 nitrogen and oxygen atoms in total. The quantitative estimate of drug-likeness (QED) is 0.576. The summed E-state index contributed by atoms with van der Waals surface area (Å²) in [5, 5.41) is 0.797. The molecule has 1 fully saturated rings. The Morgan fingerprint density at radius 2 is 1.70 bits per heavy atom. The van der Waals surface area contributed by atoms with E-state index in [-0.39, 0.29) is 4.87 Å². The average Bonchev–Trinajstić information content (AvgIpc) is 3.01. The summed E-state index contributed by atoms with van der Waals surface area (Å²) in [6.07, 6.45) is 2.16. The first kappa shape index (κ1) is 18.5. The van der Waals surface area contributed by atoms with Crippen LogP contribution in [0.4, 0.5) is 5.69 Å². The zero-order valence-electron chi connectivity index (χ0n) is 15.3. The van der Waals surface area contributed by atoms with E-state index >= 15 is 0 Å². The van der Waals surface area contributed by atoms with Crippen LogP contribution in [-0.2, 0) is 6.54 Å². The third-order valence-electron chi connectivity index (χ3n) is 5.23. The second-order valence-corrected chi connectivity index (χ2v) is 8.43. The molecule has 1 aromatic heterocycles. The van der Waals surface area contributed by atoms with Gasteiger partial charge in [-0.05, 0) is 49.7 Å². The highest BCUT2D eigenvalue weighted by Crippen LogP contribution is 2.21. The molecule has 0 unspecified atom stereocenters. The molecule has 2 aromatic carbocycles. The third kappa shape index (κ3) is 4.37. The maximum Gasteiger partial charge on any atom is 0.308 e. The number of para-hydroxylation sites is 1. The number of piperazine rings is 1. The number of aryl methyl sites for hydroxylation is 1. The van der Waals surface area contributed by atoms with E-state index in [2.05, 4.69) is 15.9 Å². The van der Waals surface area contributed by atoms with Crippen LogP contribution in [0.15, 0.2) is 53.3 Å². The van der Waals surface area contributed by atoms with Crippen LogP contribution in [0.5, 0.6) is 0 Å². The number of benzene rings is 2. The molecule has 0 amide bonds. The second-order valence-electron chi connectivity index (χ2n) is 7.00. The summed E-state index contributed by atoms with van der Waals surface area (Å²) < 4.78 is 3.01. The van der Waals surface area contributed by atoms with Crippen molar-refractivity contribution in [3.8, 4) is 0 Å². The summed E-state index contributed by atoms with van der Waals surface area (Å²) in [5.41, 5.74) is 2.29. The first-order chi connectivity index (χ1) is 13.2.